The fourth-order valence-corrected chi connectivity index (χ4v) is 3.72. The van der Waals surface area contributed by atoms with Gasteiger partial charge in [0.15, 0.2) is 0 Å². The Kier molecular flexibility index (Phi) is 2.07. The third-order valence-electron chi connectivity index (χ3n) is 5.60. The van der Waals surface area contributed by atoms with Crippen LogP contribution in [0.15, 0.2) is 24.3 Å². The standard InChI is InChI=1S/C17H21NO/c1-3-12-10-17(12,13-6-4-5-11(2)7-13)18-15(19)16-8-14(16)9-16/h4-7,12,14H,3,8-10H2,1-2H3,(H,18,19). The normalized spacial score (nSPS) is 41.4. The molecule has 19 heavy (non-hydrogen) atoms. The van der Waals surface area contributed by atoms with Crippen molar-refractivity contribution >= 4 is 5.91 Å². The summed E-state index contributed by atoms with van der Waals surface area (Å²) >= 11 is 0. The molecule has 0 aromatic heterocycles. The van der Waals surface area contributed by atoms with Gasteiger partial charge in [0.05, 0.1) is 11.0 Å². The Morgan fingerprint density at radius 2 is 2.11 bits per heavy atom. The summed E-state index contributed by atoms with van der Waals surface area (Å²) < 4.78 is 0. The van der Waals surface area contributed by atoms with Gasteiger partial charge >= 0.3 is 0 Å². The number of carbonyl (C=O) groups excluding carboxylic acids is 1. The number of hydrogen-bond donors (Lipinski definition) is 1. The number of aryl methyl sites for hydroxylation is 1. The first-order chi connectivity index (χ1) is 9.10. The third-order valence-corrected chi connectivity index (χ3v) is 5.60. The van der Waals surface area contributed by atoms with Crippen LogP contribution in [0.1, 0.15) is 43.7 Å². The fourth-order valence-electron chi connectivity index (χ4n) is 3.72. The summed E-state index contributed by atoms with van der Waals surface area (Å²) in [6.45, 7) is 4.35. The number of benzene rings is 1. The van der Waals surface area contributed by atoms with Crippen LogP contribution in [0.3, 0.4) is 0 Å². The van der Waals surface area contributed by atoms with Gasteiger partial charge in [-0.25, -0.2) is 0 Å². The van der Waals surface area contributed by atoms with Crippen LogP contribution in [0.4, 0.5) is 0 Å². The van der Waals surface area contributed by atoms with E-state index in [9.17, 15) is 4.79 Å². The van der Waals surface area contributed by atoms with Gasteiger partial charge in [0.1, 0.15) is 0 Å². The molecule has 2 unspecified atom stereocenters. The summed E-state index contributed by atoms with van der Waals surface area (Å²) in [6.07, 6.45) is 4.53. The average Bonchev–Trinajstić information content (AvgIpc) is 3.23. The average molecular weight is 255 g/mol. The molecule has 1 amide bonds. The quantitative estimate of drug-likeness (QED) is 0.880. The lowest BCUT2D eigenvalue weighted by atomic mass is 9.98. The molecule has 3 aliphatic carbocycles. The van der Waals surface area contributed by atoms with Crippen LogP contribution >= 0.6 is 0 Å². The highest BCUT2D eigenvalue weighted by molar-refractivity contribution is 5.91. The van der Waals surface area contributed by atoms with Gasteiger partial charge in [0.2, 0.25) is 5.91 Å². The van der Waals surface area contributed by atoms with Crippen molar-refractivity contribution in [2.45, 2.75) is 45.1 Å². The summed E-state index contributed by atoms with van der Waals surface area (Å²) in [4.78, 5) is 12.4. The lowest BCUT2D eigenvalue weighted by Crippen LogP contribution is -2.39. The number of rotatable bonds is 4. The predicted molar refractivity (Wildman–Crippen MR) is 74.6 cm³/mol. The zero-order chi connectivity index (χ0) is 13.3. The molecule has 1 aromatic rings. The summed E-state index contributed by atoms with van der Waals surface area (Å²) in [6, 6.07) is 8.65. The van der Waals surface area contributed by atoms with Crippen LogP contribution < -0.4 is 5.32 Å². The number of amides is 1. The molecule has 2 heteroatoms. The van der Waals surface area contributed by atoms with Crippen LogP contribution in [0, 0.1) is 24.2 Å². The van der Waals surface area contributed by atoms with Crippen LogP contribution in [0.5, 0.6) is 0 Å². The molecule has 2 nitrogen and oxygen atoms in total. The van der Waals surface area contributed by atoms with E-state index in [2.05, 4.69) is 43.4 Å². The van der Waals surface area contributed by atoms with E-state index in [1.807, 2.05) is 0 Å². The maximum Gasteiger partial charge on any atom is 0.227 e. The molecule has 0 heterocycles. The van der Waals surface area contributed by atoms with Crippen molar-refractivity contribution in [3.63, 3.8) is 0 Å². The van der Waals surface area contributed by atoms with E-state index >= 15 is 0 Å². The number of hydrogen-bond acceptors (Lipinski definition) is 1. The first-order valence-electron chi connectivity index (χ1n) is 7.50. The minimum absolute atomic E-state index is 0.0532. The first-order valence-corrected chi connectivity index (χ1v) is 7.50. The molecule has 2 atom stereocenters. The van der Waals surface area contributed by atoms with Gasteiger partial charge in [0.25, 0.3) is 0 Å². The van der Waals surface area contributed by atoms with Crippen molar-refractivity contribution in [2.24, 2.45) is 17.3 Å². The highest BCUT2D eigenvalue weighted by atomic mass is 16.2. The van der Waals surface area contributed by atoms with Gasteiger partial charge in [-0.2, -0.15) is 0 Å². The molecule has 0 spiro atoms. The Balaban J connectivity index is 1.62. The lowest BCUT2D eigenvalue weighted by Gasteiger charge is -2.21. The second kappa shape index (κ2) is 3.41. The fraction of sp³-hybridized carbons (Fsp3) is 0.588. The van der Waals surface area contributed by atoms with Crippen molar-refractivity contribution < 1.29 is 4.79 Å². The van der Waals surface area contributed by atoms with Crippen molar-refractivity contribution in [3.05, 3.63) is 35.4 Å². The van der Waals surface area contributed by atoms with E-state index in [4.69, 9.17) is 0 Å². The topological polar surface area (TPSA) is 29.1 Å². The summed E-state index contributed by atoms with van der Waals surface area (Å²) in [5.41, 5.74) is 2.61. The zero-order valence-corrected chi connectivity index (χ0v) is 11.7. The third kappa shape index (κ3) is 1.52. The molecule has 0 aliphatic heterocycles. The van der Waals surface area contributed by atoms with E-state index in [-0.39, 0.29) is 11.0 Å². The molecule has 4 rings (SSSR count). The molecule has 3 aliphatic rings. The highest BCUT2D eigenvalue weighted by Gasteiger charge is 2.75. The Morgan fingerprint density at radius 1 is 1.37 bits per heavy atom. The van der Waals surface area contributed by atoms with Gasteiger partial charge in [-0.05, 0) is 43.6 Å². The molecule has 0 bridgehead atoms. The Bertz CT molecular complexity index is 558. The van der Waals surface area contributed by atoms with Crippen molar-refractivity contribution in [3.8, 4) is 0 Å². The lowest BCUT2D eigenvalue weighted by molar-refractivity contribution is -0.125. The highest BCUT2D eigenvalue weighted by Crippen LogP contribution is 2.75. The summed E-state index contributed by atoms with van der Waals surface area (Å²) in [5, 5.41) is 3.42. The SMILES string of the molecule is CCC1CC1(NC(=O)C12CC1C2)c1cccc(C)c1. The van der Waals surface area contributed by atoms with E-state index < -0.39 is 0 Å². The Hall–Kier alpha value is -1.31. The molecule has 100 valence electrons. The van der Waals surface area contributed by atoms with Crippen LogP contribution in [0.25, 0.3) is 0 Å². The molecular weight excluding hydrogens is 234 g/mol. The first kappa shape index (κ1) is 11.5. The largest absolute Gasteiger partial charge is 0.346 e. The number of carbonyl (C=O) groups is 1. The molecule has 3 saturated carbocycles. The maximum atomic E-state index is 12.4. The monoisotopic (exact) mass is 255 g/mol. The van der Waals surface area contributed by atoms with Gasteiger partial charge in [-0.1, -0.05) is 43.2 Å². The Labute approximate surface area is 114 Å². The number of nitrogens with one attached hydrogen (secondary N) is 1. The number of fused-ring (bicyclic) bond motifs is 1. The summed E-state index contributed by atoms with van der Waals surface area (Å²) in [7, 11) is 0. The Morgan fingerprint density at radius 3 is 2.63 bits per heavy atom. The smallest absolute Gasteiger partial charge is 0.227 e. The molecular formula is C17H21NO. The van der Waals surface area contributed by atoms with E-state index in [1.54, 1.807) is 0 Å². The van der Waals surface area contributed by atoms with Gasteiger partial charge in [-0.15, -0.1) is 0 Å². The molecule has 1 aromatic carbocycles. The van der Waals surface area contributed by atoms with Crippen LogP contribution in [-0.2, 0) is 10.3 Å². The van der Waals surface area contributed by atoms with E-state index in [0.717, 1.165) is 31.6 Å². The maximum absolute atomic E-state index is 12.4. The molecule has 1 N–H and O–H groups in total. The second-order valence-corrected chi connectivity index (χ2v) is 6.87. The van der Waals surface area contributed by atoms with Gasteiger partial charge in [0, 0.05) is 0 Å². The summed E-state index contributed by atoms with van der Waals surface area (Å²) in [5.74, 6) is 1.67. The van der Waals surface area contributed by atoms with E-state index in [0.29, 0.717) is 11.8 Å². The minimum Gasteiger partial charge on any atom is -0.346 e. The van der Waals surface area contributed by atoms with Crippen LogP contribution in [0.2, 0.25) is 0 Å². The minimum atomic E-state index is -0.0532. The zero-order valence-electron chi connectivity index (χ0n) is 11.7. The van der Waals surface area contributed by atoms with Crippen molar-refractivity contribution in [1.82, 2.24) is 5.32 Å². The van der Waals surface area contributed by atoms with Crippen molar-refractivity contribution in [1.29, 1.82) is 0 Å². The van der Waals surface area contributed by atoms with Crippen LogP contribution in [-0.4, -0.2) is 5.91 Å². The second-order valence-electron chi connectivity index (χ2n) is 6.87. The van der Waals surface area contributed by atoms with Crippen molar-refractivity contribution in [2.75, 3.05) is 0 Å². The molecule has 3 fully saturated rings. The predicted octanol–water partition coefficient (Wildman–Crippen LogP) is 3.15. The molecule has 0 radical (unpaired) electrons. The van der Waals surface area contributed by atoms with E-state index in [1.165, 1.54) is 11.1 Å². The van der Waals surface area contributed by atoms with Gasteiger partial charge < -0.3 is 5.32 Å². The van der Waals surface area contributed by atoms with Gasteiger partial charge in [-0.3, -0.25) is 4.79 Å². The molecule has 0 saturated heterocycles.